The fourth-order valence-corrected chi connectivity index (χ4v) is 2.29. The van der Waals surface area contributed by atoms with E-state index in [-0.39, 0.29) is 18.1 Å². The van der Waals surface area contributed by atoms with Crippen molar-refractivity contribution >= 4 is 28.4 Å². The molecular formula is C13H13N3O2S. The van der Waals surface area contributed by atoms with E-state index >= 15 is 0 Å². The number of hydrogen-bond donors (Lipinski definition) is 1. The zero-order valence-corrected chi connectivity index (χ0v) is 11.5. The Morgan fingerprint density at radius 3 is 2.68 bits per heavy atom. The van der Waals surface area contributed by atoms with Gasteiger partial charge in [0.15, 0.2) is 5.78 Å². The molecule has 0 aliphatic heterocycles. The number of Topliss-reactive ketones (excluding diaryl/α,β-unsaturated/α-hetero) is 1. The fourth-order valence-electron chi connectivity index (χ4n) is 1.70. The lowest BCUT2D eigenvalue weighted by atomic mass is 10.0. The van der Waals surface area contributed by atoms with E-state index in [0.717, 1.165) is 11.5 Å². The van der Waals surface area contributed by atoms with Crippen LogP contribution in [0.25, 0.3) is 0 Å². The van der Waals surface area contributed by atoms with Crippen LogP contribution in [-0.4, -0.2) is 21.0 Å². The smallest absolute Gasteiger partial charge is 0.230 e. The van der Waals surface area contributed by atoms with Gasteiger partial charge in [-0.2, -0.15) is 4.37 Å². The number of rotatable bonds is 4. The molecule has 98 valence electrons. The van der Waals surface area contributed by atoms with Crippen LogP contribution in [0.5, 0.6) is 0 Å². The SMILES string of the molecule is CC(=O)c1ccccc1CC(=O)Nc1nc(C)ns1. The van der Waals surface area contributed by atoms with Crippen molar-refractivity contribution < 1.29 is 9.59 Å². The number of carbonyl (C=O) groups is 2. The first kappa shape index (κ1) is 13.4. The van der Waals surface area contributed by atoms with Crippen LogP contribution in [0.2, 0.25) is 0 Å². The number of aromatic nitrogens is 2. The molecule has 0 saturated carbocycles. The summed E-state index contributed by atoms with van der Waals surface area (Å²) in [5.74, 6) is 0.379. The second-order valence-corrected chi connectivity index (χ2v) is 4.84. The maximum atomic E-state index is 11.9. The van der Waals surface area contributed by atoms with E-state index in [2.05, 4.69) is 14.7 Å². The molecule has 0 fully saturated rings. The molecule has 0 aliphatic rings. The Morgan fingerprint density at radius 2 is 2.05 bits per heavy atom. The number of nitrogens with zero attached hydrogens (tertiary/aromatic N) is 2. The second kappa shape index (κ2) is 5.71. The van der Waals surface area contributed by atoms with Crippen molar-refractivity contribution in [3.8, 4) is 0 Å². The molecule has 1 aromatic heterocycles. The summed E-state index contributed by atoms with van der Waals surface area (Å²) in [7, 11) is 0. The summed E-state index contributed by atoms with van der Waals surface area (Å²) in [5.41, 5.74) is 1.29. The summed E-state index contributed by atoms with van der Waals surface area (Å²) in [5, 5.41) is 3.15. The van der Waals surface area contributed by atoms with Gasteiger partial charge in [0.05, 0.1) is 6.42 Å². The number of aryl methyl sites for hydroxylation is 1. The molecule has 6 heteroatoms. The summed E-state index contributed by atoms with van der Waals surface area (Å²) in [6.07, 6.45) is 0.147. The summed E-state index contributed by atoms with van der Waals surface area (Å²) >= 11 is 1.14. The Morgan fingerprint density at radius 1 is 1.32 bits per heavy atom. The first-order valence-corrected chi connectivity index (χ1v) is 6.52. The van der Waals surface area contributed by atoms with Crippen molar-refractivity contribution in [3.05, 3.63) is 41.2 Å². The van der Waals surface area contributed by atoms with Crippen LogP contribution in [0.3, 0.4) is 0 Å². The van der Waals surface area contributed by atoms with Gasteiger partial charge in [-0.3, -0.25) is 9.59 Å². The average Bonchev–Trinajstić information content (AvgIpc) is 2.75. The van der Waals surface area contributed by atoms with Crippen molar-refractivity contribution in [3.63, 3.8) is 0 Å². The zero-order chi connectivity index (χ0) is 13.8. The molecule has 2 rings (SSSR count). The highest BCUT2D eigenvalue weighted by Gasteiger charge is 2.12. The number of amides is 1. The molecule has 0 aliphatic carbocycles. The number of ketones is 1. The molecule has 1 heterocycles. The molecule has 0 saturated heterocycles. The molecule has 1 aromatic carbocycles. The van der Waals surface area contributed by atoms with Crippen LogP contribution < -0.4 is 5.32 Å². The fraction of sp³-hybridized carbons (Fsp3) is 0.231. The van der Waals surface area contributed by atoms with Gasteiger partial charge in [-0.05, 0) is 19.4 Å². The maximum absolute atomic E-state index is 11.9. The van der Waals surface area contributed by atoms with E-state index < -0.39 is 0 Å². The number of carbonyl (C=O) groups excluding carboxylic acids is 2. The molecule has 19 heavy (non-hydrogen) atoms. The van der Waals surface area contributed by atoms with E-state index in [1.165, 1.54) is 6.92 Å². The van der Waals surface area contributed by atoms with Gasteiger partial charge in [0.25, 0.3) is 0 Å². The average molecular weight is 275 g/mol. The van der Waals surface area contributed by atoms with Gasteiger partial charge >= 0.3 is 0 Å². The van der Waals surface area contributed by atoms with Gasteiger partial charge in [-0.1, -0.05) is 24.3 Å². The number of nitrogens with one attached hydrogen (secondary N) is 1. The van der Waals surface area contributed by atoms with E-state index in [9.17, 15) is 9.59 Å². The largest absolute Gasteiger partial charge is 0.300 e. The van der Waals surface area contributed by atoms with Gasteiger partial charge in [0, 0.05) is 17.1 Å². The Bertz CT molecular complexity index is 622. The highest BCUT2D eigenvalue weighted by Crippen LogP contribution is 2.13. The van der Waals surface area contributed by atoms with Crippen molar-refractivity contribution in [1.82, 2.24) is 9.36 Å². The third-order valence-corrected chi connectivity index (χ3v) is 3.24. The van der Waals surface area contributed by atoms with Crippen molar-refractivity contribution in [2.45, 2.75) is 20.3 Å². The molecule has 0 radical (unpaired) electrons. The third-order valence-electron chi connectivity index (χ3n) is 2.52. The van der Waals surface area contributed by atoms with Crippen molar-refractivity contribution in [2.75, 3.05) is 5.32 Å². The van der Waals surface area contributed by atoms with Crippen LogP contribution in [-0.2, 0) is 11.2 Å². The molecule has 1 amide bonds. The van der Waals surface area contributed by atoms with Crippen LogP contribution in [0.4, 0.5) is 5.13 Å². The first-order chi connectivity index (χ1) is 9.06. The Hall–Kier alpha value is -2.08. The van der Waals surface area contributed by atoms with Crippen LogP contribution in [0.1, 0.15) is 28.7 Å². The number of benzene rings is 1. The van der Waals surface area contributed by atoms with E-state index in [0.29, 0.717) is 22.1 Å². The van der Waals surface area contributed by atoms with Gasteiger partial charge in [-0.25, -0.2) is 4.98 Å². The number of hydrogen-bond acceptors (Lipinski definition) is 5. The minimum Gasteiger partial charge on any atom is -0.300 e. The van der Waals surface area contributed by atoms with Gasteiger partial charge in [0.1, 0.15) is 5.82 Å². The van der Waals surface area contributed by atoms with Gasteiger partial charge < -0.3 is 5.32 Å². The van der Waals surface area contributed by atoms with E-state index in [4.69, 9.17) is 0 Å². The predicted octanol–water partition coefficient (Wildman–Crippen LogP) is 2.23. The normalized spacial score (nSPS) is 10.2. The highest BCUT2D eigenvalue weighted by atomic mass is 32.1. The molecule has 0 atom stereocenters. The predicted molar refractivity (Wildman–Crippen MR) is 73.4 cm³/mol. The molecule has 0 spiro atoms. The molecule has 0 unspecified atom stereocenters. The topological polar surface area (TPSA) is 72.0 Å². The molecule has 1 N–H and O–H groups in total. The lowest BCUT2D eigenvalue weighted by Gasteiger charge is -2.06. The highest BCUT2D eigenvalue weighted by molar-refractivity contribution is 7.09. The first-order valence-electron chi connectivity index (χ1n) is 5.75. The third kappa shape index (κ3) is 3.45. The summed E-state index contributed by atoms with van der Waals surface area (Å²) in [4.78, 5) is 27.4. The van der Waals surface area contributed by atoms with Crippen molar-refractivity contribution in [2.24, 2.45) is 0 Å². The lowest BCUT2D eigenvalue weighted by molar-refractivity contribution is -0.115. The zero-order valence-electron chi connectivity index (χ0n) is 10.6. The van der Waals surface area contributed by atoms with Crippen LogP contribution in [0, 0.1) is 6.92 Å². The van der Waals surface area contributed by atoms with E-state index in [1.807, 2.05) is 6.07 Å². The molecule has 5 nitrogen and oxygen atoms in total. The maximum Gasteiger partial charge on any atom is 0.230 e. The standard InChI is InChI=1S/C13H13N3O2S/c1-8(17)11-6-4-3-5-10(11)7-12(18)15-13-14-9(2)16-19-13/h3-6H,7H2,1-2H3,(H,14,15,16,18). The van der Waals surface area contributed by atoms with Crippen molar-refractivity contribution in [1.29, 1.82) is 0 Å². The minimum absolute atomic E-state index is 0.0461. The van der Waals surface area contributed by atoms with E-state index in [1.54, 1.807) is 25.1 Å². The minimum atomic E-state index is -0.204. The lowest BCUT2D eigenvalue weighted by Crippen LogP contribution is -2.16. The Balaban J connectivity index is 2.09. The summed E-state index contributed by atoms with van der Waals surface area (Å²) in [6, 6.07) is 7.10. The second-order valence-electron chi connectivity index (χ2n) is 4.09. The monoisotopic (exact) mass is 275 g/mol. The van der Waals surface area contributed by atoms with Crippen LogP contribution in [0.15, 0.2) is 24.3 Å². The van der Waals surface area contributed by atoms with Gasteiger partial charge in [0.2, 0.25) is 11.0 Å². The number of anilines is 1. The molecule has 2 aromatic rings. The molecule has 0 bridgehead atoms. The van der Waals surface area contributed by atoms with Gasteiger partial charge in [-0.15, -0.1) is 0 Å². The Kier molecular flexibility index (Phi) is 4.01. The van der Waals surface area contributed by atoms with Crippen LogP contribution >= 0.6 is 11.5 Å². The summed E-state index contributed by atoms with van der Waals surface area (Å²) in [6.45, 7) is 3.25. The quantitative estimate of drug-likeness (QED) is 0.868. The summed E-state index contributed by atoms with van der Waals surface area (Å²) < 4.78 is 3.98. The molecular weight excluding hydrogens is 262 g/mol. The Labute approximate surface area is 114 Å².